The number of carbonyl (C=O) groups is 3. The number of anilines is 2. The number of hydrogen-bond acceptors (Lipinski definition) is 10. The Bertz CT molecular complexity index is 1570. The van der Waals surface area contributed by atoms with Crippen LogP contribution in [0.25, 0.3) is 11.0 Å². The first-order chi connectivity index (χ1) is 20.3. The predicted molar refractivity (Wildman–Crippen MR) is 156 cm³/mol. The topological polar surface area (TPSA) is 172 Å². The lowest BCUT2D eigenvalue weighted by Crippen LogP contribution is -2.36. The molecule has 4 rings (SSSR count). The Morgan fingerprint density at radius 3 is 2.55 bits per heavy atom. The number of carbonyl (C=O) groups excluding carboxylic acids is 3. The maximum Gasteiger partial charge on any atom is 0.420 e. The molecule has 13 heteroatoms. The minimum absolute atomic E-state index is 0.0222. The van der Waals surface area contributed by atoms with Crippen molar-refractivity contribution in [2.75, 3.05) is 30.5 Å². The number of fused-ring (bicyclic) bond motifs is 1. The van der Waals surface area contributed by atoms with Gasteiger partial charge in [0.2, 0.25) is 0 Å². The molecule has 4 aromatic rings. The zero-order valence-corrected chi connectivity index (χ0v) is 23.4. The molecule has 0 spiro atoms. The second kappa shape index (κ2) is 13.7. The van der Waals surface area contributed by atoms with Gasteiger partial charge in [-0.25, -0.2) is 19.6 Å². The lowest BCUT2D eigenvalue weighted by atomic mass is 10.2. The van der Waals surface area contributed by atoms with E-state index < -0.39 is 18.2 Å². The number of imidazole rings is 1. The summed E-state index contributed by atoms with van der Waals surface area (Å²) in [5, 5.41) is 13.6. The Hall–Kier alpha value is -5.46. The van der Waals surface area contributed by atoms with Crippen LogP contribution in [-0.2, 0) is 20.8 Å². The van der Waals surface area contributed by atoms with Crippen LogP contribution in [0.2, 0.25) is 0 Å². The Morgan fingerprint density at radius 2 is 1.86 bits per heavy atom. The van der Waals surface area contributed by atoms with Crippen LogP contribution < -0.4 is 20.3 Å². The van der Waals surface area contributed by atoms with Crippen LogP contribution in [0.1, 0.15) is 30.3 Å². The molecule has 0 saturated heterocycles. The standard InChI is InChI=1S/C29H31N7O6/c1-4-41-28(38)35-27(30)19-8-10-20(11-9-19)32-17-23-33-21-12-13-22(18(2)26(21)34-23)42-29(39)36(16-14-25(37)40-3)24-7-5-6-15-31-24/h5-13,15,32H,4,14,16-17H2,1-3H3,(H,33,34)(H2,30,35,38). The van der Waals surface area contributed by atoms with E-state index in [9.17, 15) is 14.4 Å². The van der Waals surface area contributed by atoms with Crippen molar-refractivity contribution in [2.45, 2.75) is 26.8 Å². The third-order valence-corrected chi connectivity index (χ3v) is 6.15. The summed E-state index contributed by atoms with van der Waals surface area (Å²) >= 11 is 0. The second-order valence-electron chi connectivity index (χ2n) is 8.95. The number of aryl methyl sites for hydroxylation is 1. The number of pyridine rings is 1. The SMILES string of the molecule is CCOC(=O)NC(=N)c1ccc(NCc2nc3c(C)c(OC(=O)N(CCC(=O)OC)c4ccccn4)ccc3[nH]2)cc1. The summed E-state index contributed by atoms with van der Waals surface area (Å²) in [6.07, 6.45) is 0.164. The maximum absolute atomic E-state index is 13.1. The molecule has 0 aliphatic heterocycles. The number of amidine groups is 1. The second-order valence-corrected chi connectivity index (χ2v) is 8.95. The Labute approximate surface area is 241 Å². The smallest absolute Gasteiger partial charge is 0.420 e. The van der Waals surface area contributed by atoms with Gasteiger partial charge in [0.25, 0.3) is 0 Å². The summed E-state index contributed by atoms with van der Waals surface area (Å²) in [6.45, 7) is 4.13. The van der Waals surface area contributed by atoms with Crippen LogP contribution in [0.15, 0.2) is 60.8 Å². The molecule has 42 heavy (non-hydrogen) atoms. The molecule has 218 valence electrons. The van der Waals surface area contributed by atoms with E-state index in [1.807, 2.05) is 0 Å². The summed E-state index contributed by atoms with van der Waals surface area (Å²) in [6, 6.07) is 15.6. The third kappa shape index (κ3) is 7.38. The summed E-state index contributed by atoms with van der Waals surface area (Å²) in [5.41, 5.74) is 3.39. The molecule has 0 aliphatic carbocycles. The lowest BCUT2D eigenvalue weighted by Gasteiger charge is -2.21. The first-order valence-electron chi connectivity index (χ1n) is 13.1. The van der Waals surface area contributed by atoms with Crippen molar-refractivity contribution in [3.63, 3.8) is 0 Å². The minimum Gasteiger partial charge on any atom is -0.469 e. The number of alkyl carbamates (subject to hydrolysis) is 1. The van der Waals surface area contributed by atoms with Crippen molar-refractivity contribution in [1.82, 2.24) is 20.3 Å². The number of benzene rings is 2. The number of ether oxygens (including phenoxy) is 3. The van der Waals surface area contributed by atoms with Crippen molar-refractivity contribution in [1.29, 1.82) is 5.41 Å². The summed E-state index contributed by atoms with van der Waals surface area (Å²) in [4.78, 5) is 49.8. The average molecular weight is 574 g/mol. The molecule has 0 saturated carbocycles. The summed E-state index contributed by atoms with van der Waals surface area (Å²) in [5.74, 6) is 0.812. The number of esters is 1. The molecular formula is C29H31N7O6. The van der Waals surface area contributed by atoms with Crippen molar-refractivity contribution < 1.29 is 28.6 Å². The van der Waals surface area contributed by atoms with Gasteiger partial charge < -0.3 is 24.5 Å². The molecule has 0 radical (unpaired) electrons. The normalized spacial score (nSPS) is 10.5. The van der Waals surface area contributed by atoms with Gasteiger partial charge in [0, 0.05) is 29.6 Å². The van der Waals surface area contributed by atoms with Crippen LogP contribution in [0.5, 0.6) is 5.75 Å². The Morgan fingerprint density at radius 1 is 1.07 bits per heavy atom. The first-order valence-corrected chi connectivity index (χ1v) is 13.1. The Kier molecular flexibility index (Phi) is 9.66. The van der Waals surface area contributed by atoms with Gasteiger partial charge in [-0.3, -0.25) is 20.4 Å². The molecule has 4 N–H and O–H groups in total. The lowest BCUT2D eigenvalue weighted by molar-refractivity contribution is -0.140. The summed E-state index contributed by atoms with van der Waals surface area (Å²) in [7, 11) is 1.29. The molecule has 13 nitrogen and oxygen atoms in total. The zero-order valence-electron chi connectivity index (χ0n) is 23.4. The van der Waals surface area contributed by atoms with Gasteiger partial charge >= 0.3 is 18.2 Å². The maximum atomic E-state index is 13.1. The number of rotatable bonds is 10. The van der Waals surface area contributed by atoms with Crippen LogP contribution in [0, 0.1) is 12.3 Å². The van der Waals surface area contributed by atoms with E-state index >= 15 is 0 Å². The van der Waals surface area contributed by atoms with E-state index in [4.69, 9.17) is 19.6 Å². The molecule has 2 amide bonds. The largest absolute Gasteiger partial charge is 0.469 e. The number of nitrogens with one attached hydrogen (secondary N) is 4. The summed E-state index contributed by atoms with van der Waals surface area (Å²) < 4.78 is 15.2. The van der Waals surface area contributed by atoms with Gasteiger partial charge in [0.05, 0.1) is 37.7 Å². The number of nitrogens with zero attached hydrogens (tertiary/aromatic N) is 3. The van der Waals surface area contributed by atoms with Gasteiger partial charge in [-0.2, -0.15) is 0 Å². The third-order valence-electron chi connectivity index (χ3n) is 6.15. The van der Waals surface area contributed by atoms with E-state index in [1.165, 1.54) is 12.0 Å². The highest BCUT2D eigenvalue weighted by Gasteiger charge is 2.22. The van der Waals surface area contributed by atoms with E-state index in [2.05, 4.69) is 25.6 Å². The molecule has 0 unspecified atom stereocenters. The van der Waals surface area contributed by atoms with Crippen LogP contribution in [0.3, 0.4) is 0 Å². The van der Waals surface area contributed by atoms with Crippen LogP contribution in [-0.4, -0.2) is 59.2 Å². The highest BCUT2D eigenvalue weighted by molar-refractivity contribution is 6.04. The van der Waals surface area contributed by atoms with Crippen LogP contribution in [0.4, 0.5) is 21.1 Å². The molecule has 0 aliphatic rings. The zero-order chi connectivity index (χ0) is 30.1. The number of methoxy groups -OCH3 is 1. The van der Waals surface area contributed by atoms with Crippen molar-refractivity contribution in [2.24, 2.45) is 0 Å². The number of aromatic amines is 1. The van der Waals surface area contributed by atoms with Crippen molar-refractivity contribution in [3.8, 4) is 5.75 Å². The van der Waals surface area contributed by atoms with E-state index in [-0.39, 0.29) is 25.4 Å². The fourth-order valence-corrected chi connectivity index (χ4v) is 3.99. The van der Waals surface area contributed by atoms with Crippen molar-refractivity contribution in [3.05, 3.63) is 77.7 Å². The van der Waals surface area contributed by atoms with Crippen molar-refractivity contribution >= 4 is 46.5 Å². The van der Waals surface area contributed by atoms with E-state index in [0.29, 0.717) is 40.6 Å². The van der Waals surface area contributed by atoms with Gasteiger partial charge in [-0.15, -0.1) is 0 Å². The molecule has 2 aromatic heterocycles. The number of hydrogen-bond donors (Lipinski definition) is 4. The van der Waals surface area contributed by atoms with E-state index in [1.54, 1.807) is 74.6 Å². The monoisotopic (exact) mass is 573 g/mol. The highest BCUT2D eigenvalue weighted by atomic mass is 16.6. The Balaban J connectivity index is 1.42. The van der Waals surface area contributed by atoms with Gasteiger partial charge in [-0.05, 0) is 62.4 Å². The minimum atomic E-state index is -0.688. The molecule has 0 fully saturated rings. The highest BCUT2D eigenvalue weighted by Crippen LogP contribution is 2.27. The van der Waals surface area contributed by atoms with Gasteiger partial charge in [0.1, 0.15) is 23.2 Å². The average Bonchev–Trinajstić information content (AvgIpc) is 3.42. The molecule has 0 atom stereocenters. The predicted octanol–water partition coefficient (Wildman–Crippen LogP) is 4.52. The fraction of sp³-hybridized carbons (Fsp3) is 0.241. The number of H-pyrrole nitrogens is 1. The fourth-order valence-electron chi connectivity index (χ4n) is 3.99. The quantitative estimate of drug-likeness (QED) is 0.121. The van der Waals surface area contributed by atoms with E-state index in [0.717, 1.165) is 11.2 Å². The first kappa shape index (κ1) is 29.5. The molecule has 2 aromatic carbocycles. The molecule has 0 bridgehead atoms. The number of aromatic nitrogens is 3. The van der Waals surface area contributed by atoms with Crippen LogP contribution >= 0.6 is 0 Å². The number of amides is 2. The van der Waals surface area contributed by atoms with Gasteiger partial charge in [-0.1, -0.05) is 6.07 Å². The van der Waals surface area contributed by atoms with Gasteiger partial charge in [0.15, 0.2) is 0 Å². The molecule has 2 heterocycles. The molecular weight excluding hydrogens is 542 g/mol.